The van der Waals surface area contributed by atoms with E-state index < -0.39 is 10.0 Å². The molecule has 0 saturated carbocycles. The summed E-state index contributed by atoms with van der Waals surface area (Å²) in [6.07, 6.45) is 2.73. The summed E-state index contributed by atoms with van der Waals surface area (Å²) in [6, 6.07) is 12.9. The molecule has 1 fully saturated rings. The molecule has 0 aliphatic carbocycles. The van der Waals surface area contributed by atoms with E-state index in [9.17, 15) is 13.2 Å². The average molecular weight is 401 g/mol. The van der Waals surface area contributed by atoms with Gasteiger partial charge < -0.3 is 5.32 Å². The molecule has 1 aliphatic rings. The number of sulfonamides is 1. The number of nitrogens with one attached hydrogen (secondary N) is 1. The van der Waals surface area contributed by atoms with Crippen LogP contribution in [-0.2, 0) is 16.4 Å². The lowest BCUT2D eigenvalue weighted by Gasteiger charge is -2.19. The molecule has 3 rings (SSSR count). The van der Waals surface area contributed by atoms with Gasteiger partial charge in [-0.05, 0) is 61.9 Å². The molecule has 1 amide bonds. The van der Waals surface area contributed by atoms with Gasteiger partial charge in [-0.25, -0.2) is 8.42 Å². The summed E-state index contributed by atoms with van der Waals surface area (Å²) in [5.41, 5.74) is 3.28. The third-order valence-electron chi connectivity index (χ3n) is 5.37. The SMILES string of the molecule is CCc1ccc([C@H](C)NC(=O)c2ccc(C)c(S(=O)(=O)N3CCCC3)c2)cc1. The Balaban J connectivity index is 1.80. The van der Waals surface area contributed by atoms with E-state index in [-0.39, 0.29) is 16.8 Å². The Labute approximate surface area is 167 Å². The number of hydrogen-bond acceptors (Lipinski definition) is 3. The molecule has 1 heterocycles. The summed E-state index contributed by atoms with van der Waals surface area (Å²) in [6.45, 7) is 6.88. The Morgan fingerprint density at radius 1 is 1.11 bits per heavy atom. The summed E-state index contributed by atoms with van der Waals surface area (Å²) in [7, 11) is -3.56. The molecule has 0 radical (unpaired) electrons. The van der Waals surface area contributed by atoms with Crippen LogP contribution in [-0.4, -0.2) is 31.7 Å². The Hall–Kier alpha value is -2.18. The first kappa shape index (κ1) is 20.6. The minimum atomic E-state index is -3.56. The van der Waals surface area contributed by atoms with Gasteiger partial charge in [0.2, 0.25) is 10.0 Å². The van der Waals surface area contributed by atoms with Crippen molar-refractivity contribution in [1.82, 2.24) is 9.62 Å². The van der Waals surface area contributed by atoms with Crippen molar-refractivity contribution in [3.63, 3.8) is 0 Å². The van der Waals surface area contributed by atoms with E-state index in [1.54, 1.807) is 19.1 Å². The number of aryl methyl sites for hydroxylation is 2. The van der Waals surface area contributed by atoms with E-state index in [0.29, 0.717) is 24.2 Å². The summed E-state index contributed by atoms with van der Waals surface area (Å²) >= 11 is 0. The molecule has 0 bridgehead atoms. The summed E-state index contributed by atoms with van der Waals surface area (Å²) in [5.74, 6) is -0.273. The number of carbonyl (C=O) groups is 1. The van der Waals surface area contributed by atoms with Gasteiger partial charge >= 0.3 is 0 Å². The van der Waals surface area contributed by atoms with Crippen LogP contribution in [0.5, 0.6) is 0 Å². The third kappa shape index (κ3) is 4.28. The molecule has 1 saturated heterocycles. The zero-order chi connectivity index (χ0) is 20.3. The van der Waals surface area contributed by atoms with Crippen molar-refractivity contribution in [1.29, 1.82) is 0 Å². The molecule has 0 spiro atoms. The van der Waals surface area contributed by atoms with E-state index in [1.165, 1.54) is 15.9 Å². The fourth-order valence-corrected chi connectivity index (χ4v) is 5.26. The molecule has 1 atom stereocenters. The topological polar surface area (TPSA) is 66.5 Å². The number of hydrogen-bond donors (Lipinski definition) is 1. The zero-order valence-electron chi connectivity index (χ0n) is 16.7. The second-order valence-electron chi connectivity index (χ2n) is 7.38. The van der Waals surface area contributed by atoms with Crippen molar-refractivity contribution in [2.75, 3.05) is 13.1 Å². The molecule has 0 aromatic heterocycles. The van der Waals surface area contributed by atoms with Crippen LogP contribution in [0.4, 0.5) is 0 Å². The maximum atomic E-state index is 12.9. The van der Waals surface area contributed by atoms with Crippen LogP contribution in [0.3, 0.4) is 0 Å². The lowest BCUT2D eigenvalue weighted by Crippen LogP contribution is -2.30. The first-order valence-corrected chi connectivity index (χ1v) is 11.3. The van der Waals surface area contributed by atoms with Crippen molar-refractivity contribution < 1.29 is 13.2 Å². The maximum Gasteiger partial charge on any atom is 0.251 e. The molecule has 2 aromatic carbocycles. The molecule has 0 unspecified atom stereocenters. The standard InChI is InChI=1S/C22H28N2O3S/c1-4-18-8-11-19(12-9-18)17(3)23-22(25)20-10-7-16(2)21(15-20)28(26,27)24-13-5-6-14-24/h7-12,15,17H,4-6,13-14H2,1-3H3,(H,23,25)/t17-/m0/s1. The summed E-state index contributed by atoms with van der Waals surface area (Å²) in [4.78, 5) is 13.0. The van der Waals surface area contributed by atoms with Crippen molar-refractivity contribution in [3.8, 4) is 0 Å². The van der Waals surface area contributed by atoms with Crippen molar-refractivity contribution >= 4 is 15.9 Å². The Bertz CT molecular complexity index is 946. The highest BCUT2D eigenvalue weighted by molar-refractivity contribution is 7.89. The Kier molecular flexibility index (Phi) is 6.20. The van der Waals surface area contributed by atoms with E-state index in [0.717, 1.165) is 24.8 Å². The molecule has 150 valence electrons. The van der Waals surface area contributed by atoms with Gasteiger partial charge in [-0.2, -0.15) is 4.31 Å². The third-order valence-corrected chi connectivity index (χ3v) is 7.41. The van der Waals surface area contributed by atoms with E-state index in [1.807, 2.05) is 19.1 Å². The van der Waals surface area contributed by atoms with Crippen LogP contribution in [0, 0.1) is 6.92 Å². The number of rotatable bonds is 6. The predicted octanol–water partition coefficient (Wildman–Crippen LogP) is 3.83. The van der Waals surface area contributed by atoms with Crippen LogP contribution in [0.25, 0.3) is 0 Å². The fraction of sp³-hybridized carbons (Fsp3) is 0.409. The smallest absolute Gasteiger partial charge is 0.251 e. The largest absolute Gasteiger partial charge is 0.346 e. The van der Waals surface area contributed by atoms with Gasteiger partial charge in [0.05, 0.1) is 10.9 Å². The minimum absolute atomic E-state index is 0.168. The van der Waals surface area contributed by atoms with Crippen molar-refractivity contribution in [2.45, 2.75) is 51.0 Å². The van der Waals surface area contributed by atoms with E-state index in [4.69, 9.17) is 0 Å². The van der Waals surface area contributed by atoms with Gasteiger partial charge in [0.25, 0.3) is 5.91 Å². The lowest BCUT2D eigenvalue weighted by atomic mass is 10.0. The fourth-order valence-electron chi connectivity index (χ4n) is 3.49. The molecule has 28 heavy (non-hydrogen) atoms. The molecular formula is C22H28N2O3S. The van der Waals surface area contributed by atoms with Crippen LogP contribution in [0.2, 0.25) is 0 Å². The van der Waals surface area contributed by atoms with Crippen LogP contribution < -0.4 is 5.32 Å². The van der Waals surface area contributed by atoms with Crippen LogP contribution in [0.1, 0.15) is 59.8 Å². The number of carbonyl (C=O) groups excluding carboxylic acids is 1. The van der Waals surface area contributed by atoms with E-state index >= 15 is 0 Å². The maximum absolute atomic E-state index is 12.9. The highest BCUT2D eigenvalue weighted by Crippen LogP contribution is 2.25. The second-order valence-corrected chi connectivity index (χ2v) is 9.29. The zero-order valence-corrected chi connectivity index (χ0v) is 17.6. The van der Waals surface area contributed by atoms with Gasteiger partial charge in [-0.3, -0.25) is 4.79 Å². The average Bonchev–Trinajstić information content (AvgIpc) is 3.24. The monoisotopic (exact) mass is 400 g/mol. The molecule has 6 heteroatoms. The van der Waals surface area contributed by atoms with Crippen molar-refractivity contribution in [2.24, 2.45) is 0 Å². The molecule has 2 aromatic rings. The Morgan fingerprint density at radius 2 is 1.75 bits per heavy atom. The normalized spacial score (nSPS) is 16.1. The van der Waals surface area contributed by atoms with Crippen LogP contribution in [0.15, 0.2) is 47.4 Å². The number of amides is 1. The molecule has 1 N–H and O–H groups in total. The summed E-state index contributed by atoms with van der Waals surface area (Å²) < 4.78 is 27.4. The number of benzene rings is 2. The van der Waals surface area contributed by atoms with Gasteiger partial charge in [-0.1, -0.05) is 37.3 Å². The molecule has 1 aliphatic heterocycles. The Morgan fingerprint density at radius 3 is 2.36 bits per heavy atom. The van der Waals surface area contributed by atoms with Gasteiger partial charge in [0.15, 0.2) is 0 Å². The van der Waals surface area contributed by atoms with Crippen molar-refractivity contribution in [3.05, 3.63) is 64.7 Å². The van der Waals surface area contributed by atoms with Gasteiger partial charge in [0, 0.05) is 18.7 Å². The highest BCUT2D eigenvalue weighted by atomic mass is 32.2. The lowest BCUT2D eigenvalue weighted by molar-refractivity contribution is 0.0939. The molecule has 5 nitrogen and oxygen atoms in total. The van der Waals surface area contributed by atoms with E-state index in [2.05, 4.69) is 24.4 Å². The second kappa shape index (κ2) is 8.45. The first-order valence-electron chi connectivity index (χ1n) is 9.83. The first-order chi connectivity index (χ1) is 13.3. The van der Waals surface area contributed by atoms with Gasteiger partial charge in [0.1, 0.15) is 0 Å². The number of nitrogens with zero attached hydrogens (tertiary/aromatic N) is 1. The summed E-state index contributed by atoms with van der Waals surface area (Å²) in [5, 5.41) is 2.97. The minimum Gasteiger partial charge on any atom is -0.346 e. The predicted molar refractivity (Wildman–Crippen MR) is 111 cm³/mol. The van der Waals surface area contributed by atoms with Gasteiger partial charge in [-0.15, -0.1) is 0 Å². The van der Waals surface area contributed by atoms with Crippen LogP contribution >= 0.6 is 0 Å². The quantitative estimate of drug-likeness (QED) is 0.801. The molecular weight excluding hydrogens is 372 g/mol. The highest BCUT2D eigenvalue weighted by Gasteiger charge is 2.29.